The van der Waals surface area contributed by atoms with Crippen molar-refractivity contribution in [3.05, 3.63) is 11.6 Å². The van der Waals surface area contributed by atoms with Crippen LogP contribution in [-0.2, 0) is 0 Å². The highest BCUT2D eigenvalue weighted by molar-refractivity contribution is 5.04. The second-order valence-electron chi connectivity index (χ2n) is 7.29. The summed E-state index contributed by atoms with van der Waals surface area (Å²) in [6, 6.07) is 0. The lowest BCUT2D eigenvalue weighted by atomic mass is 9.82. The van der Waals surface area contributed by atoms with Crippen LogP contribution in [0.25, 0.3) is 0 Å². The summed E-state index contributed by atoms with van der Waals surface area (Å²) in [5, 5.41) is 0. The van der Waals surface area contributed by atoms with E-state index in [-0.39, 0.29) is 0 Å². The van der Waals surface area contributed by atoms with Crippen molar-refractivity contribution < 1.29 is 0 Å². The van der Waals surface area contributed by atoms with Crippen molar-refractivity contribution in [2.24, 2.45) is 23.7 Å². The van der Waals surface area contributed by atoms with Crippen molar-refractivity contribution in [2.45, 2.75) is 93.4 Å². The van der Waals surface area contributed by atoms with Crippen molar-refractivity contribution in [3.8, 4) is 0 Å². The number of hydrogen-bond donors (Lipinski definition) is 0. The maximum absolute atomic E-state index is 2.58. The molecule has 0 aromatic carbocycles. The van der Waals surface area contributed by atoms with E-state index >= 15 is 0 Å². The molecule has 0 aliphatic rings. The first-order chi connectivity index (χ1) is 9.44. The third-order valence-corrected chi connectivity index (χ3v) is 4.62. The smallest absolute Gasteiger partial charge is 0.0233 e. The largest absolute Gasteiger partial charge is 0.0822 e. The number of hydrogen-bond acceptors (Lipinski definition) is 0. The number of rotatable bonds is 11. The molecule has 0 aliphatic carbocycles. The van der Waals surface area contributed by atoms with Crippen LogP contribution in [0.15, 0.2) is 11.6 Å². The molecule has 0 radical (unpaired) electrons. The molecule has 20 heavy (non-hydrogen) atoms. The van der Waals surface area contributed by atoms with E-state index in [0.29, 0.717) is 0 Å². The summed E-state index contributed by atoms with van der Waals surface area (Å²) in [4.78, 5) is 0. The Hall–Kier alpha value is -0.260. The molecule has 0 aliphatic heterocycles. The Morgan fingerprint density at radius 3 is 1.85 bits per heavy atom. The fraction of sp³-hybridized carbons (Fsp3) is 0.900. The summed E-state index contributed by atoms with van der Waals surface area (Å²) in [6.07, 6.45) is 12.0. The van der Waals surface area contributed by atoms with Crippen molar-refractivity contribution in [3.63, 3.8) is 0 Å². The Labute approximate surface area is 129 Å². The molecular weight excluding hydrogens is 240 g/mol. The van der Waals surface area contributed by atoms with Crippen LogP contribution in [0.2, 0.25) is 0 Å². The summed E-state index contributed by atoms with van der Waals surface area (Å²) >= 11 is 0. The van der Waals surface area contributed by atoms with Gasteiger partial charge >= 0.3 is 0 Å². The highest BCUT2D eigenvalue weighted by Gasteiger charge is 2.16. The highest BCUT2D eigenvalue weighted by atomic mass is 14.2. The lowest BCUT2D eigenvalue weighted by Crippen LogP contribution is -2.13. The van der Waals surface area contributed by atoms with Crippen LogP contribution in [0.3, 0.4) is 0 Å². The van der Waals surface area contributed by atoms with Crippen LogP contribution < -0.4 is 0 Å². The summed E-state index contributed by atoms with van der Waals surface area (Å²) in [5.74, 6) is 3.30. The van der Waals surface area contributed by atoms with E-state index in [0.717, 1.165) is 23.7 Å². The average molecular weight is 281 g/mol. The molecule has 0 aromatic rings. The molecule has 0 saturated heterocycles. The van der Waals surface area contributed by atoms with Gasteiger partial charge in [0.05, 0.1) is 0 Å². The van der Waals surface area contributed by atoms with E-state index in [1.807, 2.05) is 0 Å². The van der Waals surface area contributed by atoms with Crippen LogP contribution in [0.4, 0.5) is 0 Å². The zero-order valence-corrected chi connectivity index (χ0v) is 15.3. The molecule has 0 N–H and O–H groups in total. The summed E-state index contributed by atoms with van der Waals surface area (Å²) < 4.78 is 0. The van der Waals surface area contributed by atoms with Gasteiger partial charge in [-0.1, -0.05) is 85.8 Å². The normalized spacial score (nSPS) is 15.9. The molecule has 0 spiro atoms. The van der Waals surface area contributed by atoms with Gasteiger partial charge in [-0.25, -0.2) is 0 Å². The summed E-state index contributed by atoms with van der Waals surface area (Å²) in [5.41, 5.74) is 1.67. The van der Waals surface area contributed by atoms with Gasteiger partial charge in [-0.15, -0.1) is 0 Å². The third-order valence-electron chi connectivity index (χ3n) is 4.62. The Balaban J connectivity index is 4.49. The minimum absolute atomic E-state index is 0.736. The zero-order chi connectivity index (χ0) is 15.5. The fourth-order valence-corrected chi connectivity index (χ4v) is 3.33. The second-order valence-corrected chi connectivity index (χ2v) is 7.29. The highest BCUT2D eigenvalue weighted by Crippen LogP contribution is 2.28. The van der Waals surface area contributed by atoms with Gasteiger partial charge in [0.2, 0.25) is 0 Å². The Morgan fingerprint density at radius 1 is 0.900 bits per heavy atom. The molecule has 0 rings (SSSR count). The lowest BCUT2D eigenvalue weighted by molar-refractivity contribution is 0.306. The van der Waals surface area contributed by atoms with E-state index in [1.165, 1.54) is 44.9 Å². The standard InChI is InChI=1S/C20H40/c1-8-11-20(12-9-2)15-18(7)17(6)14-19(10-3)13-16(4)5/h14,16-18,20H,8-13,15H2,1-7H3. The van der Waals surface area contributed by atoms with Crippen LogP contribution in [-0.4, -0.2) is 0 Å². The summed E-state index contributed by atoms with van der Waals surface area (Å²) in [7, 11) is 0. The lowest BCUT2D eigenvalue weighted by Gasteiger charge is -2.24. The molecule has 120 valence electrons. The minimum Gasteiger partial charge on any atom is -0.0822 e. The molecule has 2 unspecified atom stereocenters. The molecule has 0 heteroatoms. The van der Waals surface area contributed by atoms with Gasteiger partial charge < -0.3 is 0 Å². The second kappa shape index (κ2) is 11.4. The van der Waals surface area contributed by atoms with Gasteiger partial charge in [-0.05, 0) is 42.9 Å². The van der Waals surface area contributed by atoms with Crippen molar-refractivity contribution in [1.82, 2.24) is 0 Å². The third kappa shape index (κ3) is 8.82. The Morgan fingerprint density at radius 2 is 1.45 bits per heavy atom. The number of allylic oxidation sites excluding steroid dienone is 2. The van der Waals surface area contributed by atoms with E-state index < -0.39 is 0 Å². The van der Waals surface area contributed by atoms with Gasteiger partial charge in [-0.3, -0.25) is 0 Å². The molecule has 0 heterocycles. The van der Waals surface area contributed by atoms with E-state index in [2.05, 4.69) is 54.5 Å². The zero-order valence-electron chi connectivity index (χ0n) is 15.3. The van der Waals surface area contributed by atoms with Crippen molar-refractivity contribution in [1.29, 1.82) is 0 Å². The SMILES string of the molecule is CCCC(CCC)CC(C)C(C)C=C(CC)CC(C)C. The van der Waals surface area contributed by atoms with Crippen LogP contribution in [0.5, 0.6) is 0 Å². The van der Waals surface area contributed by atoms with Gasteiger partial charge in [0, 0.05) is 0 Å². The molecule has 2 atom stereocenters. The predicted molar refractivity (Wildman–Crippen MR) is 94.1 cm³/mol. The first-order valence-corrected chi connectivity index (χ1v) is 9.13. The first kappa shape index (κ1) is 19.7. The molecular formula is C20H40. The average Bonchev–Trinajstić information content (AvgIpc) is 2.37. The van der Waals surface area contributed by atoms with Crippen molar-refractivity contribution >= 4 is 0 Å². The molecule has 0 bridgehead atoms. The topological polar surface area (TPSA) is 0 Å². The Bertz CT molecular complexity index is 243. The van der Waals surface area contributed by atoms with Gasteiger partial charge in [0.25, 0.3) is 0 Å². The monoisotopic (exact) mass is 280 g/mol. The van der Waals surface area contributed by atoms with Crippen molar-refractivity contribution in [2.75, 3.05) is 0 Å². The fourth-order valence-electron chi connectivity index (χ4n) is 3.33. The van der Waals surface area contributed by atoms with E-state index in [9.17, 15) is 0 Å². The van der Waals surface area contributed by atoms with E-state index in [1.54, 1.807) is 5.57 Å². The molecule has 0 saturated carbocycles. The quantitative estimate of drug-likeness (QED) is 0.350. The molecule has 0 aromatic heterocycles. The van der Waals surface area contributed by atoms with Gasteiger partial charge in [0.1, 0.15) is 0 Å². The molecule has 0 amide bonds. The first-order valence-electron chi connectivity index (χ1n) is 9.13. The van der Waals surface area contributed by atoms with Crippen LogP contribution in [0, 0.1) is 23.7 Å². The van der Waals surface area contributed by atoms with Crippen LogP contribution >= 0.6 is 0 Å². The maximum atomic E-state index is 2.58. The molecule has 0 nitrogen and oxygen atoms in total. The predicted octanol–water partition coefficient (Wildman–Crippen LogP) is 7.25. The summed E-state index contributed by atoms with van der Waals surface area (Å²) in [6.45, 7) is 16.5. The Kier molecular flexibility index (Phi) is 11.3. The molecule has 0 fully saturated rings. The van der Waals surface area contributed by atoms with E-state index in [4.69, 9.17) is 0 Å². The van der Waals surface area contributed by atoms with Crippen LogP contribution in [0.1, 0.15) is 93.4 Å². The van der Waals surface area contributed by atoms with Gasteiger partial charge in [-0.2, -0.15) is 0 Å². The maximum Gasteiger partial charge on any atom is -0.0233 e. The van der Waals surface area contributed by atoms with Gasteiger partial charge in [0.15, 0.2) is 0 Å². The minimum atomic E-state index is 0.736.